The third-order valence-corrected chi connectivity index (χ3v) is 5.12. The van der Waals surface area contributed by atoms with Gasteiger partial charge in [0.2, 0.25) is 0 Å². The fourth-order valence-electron chi connectivity index (χ4n) is 3.33. The van der Waals surface area contributed by atoms with Crippen LogP contribution in [0.5, 0.6) is 5.75 Å². The minimum absolute atomic E-state index is 0.111. The lowest BCUT2D eigenvalue weighted by atomic mass is 10.1. The number of nitrogens with zero attached hydrogens (tertiary/aromatic N) is 1. The number of amides is 2. The Kier molecular flexibility index (Phi) is 8.80. The quantitative estimate of drug-likeness (QED) is 0.449. The van der Waals surface area contributed by atoms with Crippen LogP contribution in [0.4, 0.5) is 5.69 Å². The summed E-state index contributed by atoms with van der Waals surface area (Å²) in [5.41, 5.74) is 2.12. The average Bonchev–Trinajstić information content (AvgIpc) is 2.87. The van der Waals surface area contributed by atoms with E-state index >= 15 is 0 Å². The highest BCUT2D eigenvalue weighted by Crippen LogP contribution is 2.20. The first-order valence-corrected chi connectivity index (χ1v) is 11.1. The van der Waals surface area contributed by atoms with Crippen LogP contribution in [0.25, 0.3) is 0 Å². The molecular weight excluding hydrogens is 432 g/mol. The molecule has 0 fully saturated rings. The first-order chi connectivity index (χ1) is 16.5. The maximum atomic E-state index is 12.6. The summed E-state index contributed by atoms with van der Waals surface area (Å²) in [6, 6.07) is 23.0. The first-order valence-electron chi connectivity index (χ1n) is 11.1. The monoisotopic (exact) mass is 460 g/mol. The van der Waals surface area contributed by atoms with E-state index in [9.17, 15) is 14.4 Å². The highest BCUT2D eigenvalue weighted by atomic mass is 16.5. The Morgan fingerprint density at radius 2 is 1.56 bits per heavy atom. The van der Waals surface area contributed by atoms with E-state index in [2.05, 4.69) is 5.32 Å². The van der Waals surface area contributed by atoms with Gasteiger partial charge in [0.1, 0.15) is 17.9 Å². The highest BCUT2D eigenvalue weighted by Gasteiger charge is 2.17. The summed E-state index contributed by atoms with van der Waals surface area (Å²) in [5, 5.41) is 2.66. The minimum Gasteiger partial charge on any atom is -0.488 e. The van der Waals surface area contributed by atoms with Gasteiger partial charge in [-0.05, 0) is 49.7 Å². The fourth-order valence-corrected chi connectivity index (χ4v) is 3.33. The molecule has 0 radical (unpaired) electrons. The van der Waals surface area contributed by atoms with E-state index < -0.39 is 18.5 Å². The average molecular weight is 461 g/mol. The van der Waals surface area contributed by atoms with Crippen molar-refractivity contribution in [3.05, 3.63) is 95.6 Å². The van der Waals surface area contributed by atoms with Crippen molar-refractivity contribution in [2.75, 3.05) is 25.0 Å². The zero-order valence-corrected chi connectivity index (χ0v) is 19.3. The second-order valence-electron chi connectivity index (χ2n) is 7.45. The standard InChI is InChI=1S/C27H28N2O5/c1-3-29(4-2)26(31)21-13-10-14-22(17-21)28-25(30)19-34-27(32)23-15-8-9-16-24(23)33-18-20-11-6-5-7-12-20/h5-17H,3-4,18-19H2,1-2H3,(H,28,30). The molecule has 176 valence electrons. The van der Waals surface area contributed by atoms with Crippen LogP contribution in [-0.2, 0) is 16.1 Å². The van der Waals surface area contributed by atoms with Gasteiger partial charge in [0.15, 0.2) is 6.61 Å². The van der Waals surface area contributed by atoms with Crippen LogP contribution >= 0.6 is 0 Å². The van der Waals surface area contributed by atoms with Crippen molar-refractivity contribution >= 4 is 23.5 Å². The predicted molar refractivity (Wildman–Crippen MR) is 130 cm³/mol. The largest absolute Gasteiger partial charge is 0.488 e. The summed E-state index contributed by atoms with van der Waals surface area (Å²) in [5.74, 6) is -0.910. The topological polar surface area (TPSA) is 84.9 Å². The van der Waals surface area contributed by atoms with Crippen molar-refractivity contribution in [2.45, 2.75) is 20.5 Å². The molecule has 1 N–H and O–H groups in total. The van der Waals surface area contributed by atoms with Crippen molar-refractivity contribution in [3.63, 3.8) is 0 Å². The van der Waals surface area contributed by atoms with E-state index in [0.29, 0.717) is 36.7 Å². The van der Waals surface area contributed by atoms with Crippen LogP contribution in [0.2, 0.25) is 0 Å². The lowest BCUT2D eigenvalue weighted by Crippen LogP contribution is -2.30. The van der Waals surface area contributed by atoms with Gasteiger partial charge in [0.25, 0.3) is 11.8 Å². The van der Waals surface area contributed by atoms with Gasteiger partial charge < -0.3 is 19.7 Å². The molecule has 0 aromatic heterocycles. The van der Waals surface area contributed by atoms with Crippen molar-refractivity contribution < 1.29 is 23.9 Å². The molecule has 0 saturated carbocycles. The van der Waals surface area contributed by atoms with E-state index in [1.807, 2.05) is 44.2 Å². The van der Waals surface area contributed by atoms with Gasteiger partial charge in [-0.2, -0.15) is 0 Å². The van der Waals surface area contributed by atoms with Crippen LogP contribution < -0.4 is 10.1 Å². The Morgan fingerprint density at radius 3 is 2.29 bits per heavy atom. The number of ether oxygens (including phenoxy) is 2. The second-order valence-corrected chi connectivity index (χ2v) is 7.45. The zero-order chi connectivity index (χ0) is 24.3. The number of nitrogens with one attached hydrogen (secondary N) is 1. The van der Waals surface area contributed by atoms with Gasteiger partial charge in [0, 0.05) is 24.3 Å². The van der Waals surface area contributed by atoms with Crippen molar-refractivity contribution in [1.29, 1.82) is 0 Å². The Bertz CT molecular complexity index is 1130. The normalized spacial score (nSPS) is 10.3. The molecule has 0 aliphatic heterocycles. The third kappa shape index (κ3) is 6.68. The number of para-hydroxylation sites is 1. The SMILES string of the molecule is CCN(CC)C(=O)c1cccc(NC(=O)COC(=O)c2ccccc2OCc2ccccc2)c1. The van der Waals surface area contributed by atoms with Crippen LogP contribution in [0.3, 0.4) is 0 Å². The first kappa shape index (κ1) is 24.5. The molecule has 3 aromatic rings. The smallest absolute Gasteiger partial charge is 0.342 e. The van der Waals surface area contributed by atoms with Crippen LogP contribution in [-0.4, -0.2) is 42.4 Å². The molecular formula is C27H28N2O5. The molecule has 0 aliphatic carbocycles. The third-order valence-electron chi connectivity index (χ3n) is 5.12. The van der Waals surface area contributed by atoms with Gasteiger partial charge >= 0.3 is 5.97 Å². The summed E-state index contributed by atoms with van der Waals surface area (Å²) in [6.45, 7) is 4.84. The van der Waals surface area contributed by atoms with Crippen LogP contribution in [0.1, 0.15) is 40.1 Å². The molecule has 0 aliphatic rings. The van der Waals surface area contributed by atoms with Crippen LogP contribution in [0, 0.1) is 0 Å². The van der Waals surface area contributed by atoms with E-state index in [4.69, 9.17) is 9.47 Å². The number of rotatable bonds is 10. The Balaban J connectivity index is 1.57. The van der Waals surface area contributed by atoms with Crippen molar-refractivity contribution in [2.24, 2.45) is 0 Å². The highest BCUT2D eigenvalue weighted by molar-refractivity contribution is 5.99. The maximum absolute atomic E-state index is 12.6. The molecule has 34 heavy (non-hydrogen) atoms. The van der Waals surface area contributed by atoms with E-state index in [1.165, 1.54) is 0 Å². The van der Waals surface area contributed by atoms with Gasteiger partial charge in [-0.3, -0.25) is 9.59 Å². The second kappa shape index (κ2) is 12.2. The van der Waals surface area contributed by atoms with Gasteiger partial charge in [0.05, 0.1) is 0 Å². The molecule has 3 aromatic carbocycles. The number of carbonyl (C=O) groups excluding carboxylic acids is 3. The van der Waals surface area contributed by atoms with Gasteiger partial charge in [-0.1, -0.05) is 48.5 Å². The molecule has 0 spiro atoms. The minimum atomic E-state index is -0.663. The van der Waals surface area contributed by atoms with E-state index in [1.54, 1.807) is 53.4 Å². The summed E-state index contributed by atoms with van der Waals surface area (Å²) in [6.07, 6.45) is 0. The molecule has 0 bridgehead atoms. The molecule has 3 rings (SSSR count). The molecule has 7 nitrogen and oxygen atoms in total. The molecule has 0 heterocycles. The Labute approximate surface area is 199 Å². The lowest BCUT2D eigenvalue weighted by molar-refractivity contribution is -0.119. The van der Waals surface area contributed by atoms with Gasteiger partial charge in [-0.25, -0.2) is 4.79 Å². The van der Waals surface area contributed by atoms with E-state index in [0.717, 1.165) is 5.56 Å². The number of carbonyl (C=O) groups is 3. The molecule has 7 heteroatoms. The molecule has 0 saturated heterocycles. The Morgan fingerprint density at radius 1 is 0.853 bits per heavy atom. The maximum Gasteiger partial charge on any atom is 0.342 e. The molecule has 2 amide bonds. The number of hydrogen-bond acceptors (Lipinski definition) is 5. The zero-order valence-electron chi connectivity index (χ0n) is 19.3. The number of hydrogen-bond donors (Lipinski definition) is 1. The van der Waals surface area contributed by atoms with E-state index in [-0.39, 0.29) is 11.5 Å². The summed E-state index contributed by atoms with van der Waals surface area (Å²) in [7, 11) is 0. The van der Waals surface area contributed by atoms with Crippen LogP contribution in [0.15, 0.2) is 78.9 Å². The fraction of sp³-hybridized carbons (Fsp3) is 0.222. The van der Waals surface area contributed by atoms with Crippen molar-refractivity contribution in [3.8, 4) is 5.75 Å². The molecule has 0 unspecified atom stereocenters. The predicted octanol–water partition coefficient (Wildman–Crippen LogP) is 4.54. The number of anilines is 1. The van der Waals surface area contributed by atoms with Gasteiger partial charge in [-0.15, -0.1) is 0 Å². The number of benzene rings is 3. The Hall–Kier alpha value is -4.13. The lowest BCUT2D eigenvalue weighted by Gasteiger charge is -2.19. The summed E-state index contributed by atoms with van der Waals surface area (Å²) >= 11 is 0. The molecule has 0 atom stereocenters. The summed E-state index contributed by atoms with van der Waals surface area (Å²) in [4.78, 5) is 39.2. The van der Waals surface area contributed by atoms with Crippen molar-refractivity contribution in [1.82, 2.24) is 4.90 Å². The summed E-state index contributed by atoms with van der Waals surface area (Å²) < 4.78 is 11.0. The number of esters is 1.